The molecule has 2 rings (SSSR count). The molecule has 1 aliphatic carbocycles. The van der Waals surface area contributed by atoms with E-state index in [9.17, 15) is 4.21 Å². The van der Waals surface area contributed by atoms with Crippen LogP contribution in [-0.2, 0) is 10.8 Å². The third-order valence-corrected chi connectivity index (χ3v) is 6.90. The van der Waals surface area contributed by atoms with Gasteiger partial charge in [0.25, 0.3) is 0 Å². The molecule has 1 heterocycles. The number of nitrogens with one attached hydrogen (secondary N) is 1. The van der Waals surface area contributed by atoms with E-state index in [0.717, 1.165) is 30.0 Å². The van der Waals surface area contributed by atoms with Gasteiger partial charge in [0, 0.05) is 6.04 Å². The van der Waals surface area contributed by atoms with Crippen LogP contribution < -0.4 is 5.32 Å². The minimum Gasteiger partial charge on any atom is -0.312 e. The molecular formula is C14H23NOS2. The molecule has 1 fully saturated rings. The summed E-state index contributed by atoms with van der Waals surface area (Å²) < 4.78 is 13.7. The molecule has 1 saturated carbocycles. The van der Waals surface area contributed by atoms with E-state index < -0.39 is 10.8 Å². The van der Waals surface area contributed by atoms with E-state index in [4.69, 9.17) is 0 Å². The smallest absolute Gasteiger partial charge is 0.0914 e. The highest BCUT2D eigenvalue weighted by atomic mass is 32.2. The van der Waals surface area contributed by atoms with Crippen LogP contribution in [-0.4, -0.2) is 22.0 Å². The first-order chi connectivity index (χ1) is 8.56. The van der Waals surface area contributed by atoms with E-state index in [1.165, 1.54) is 0 Å². The maximum Gasteiger partial charge on any atom is 0.0914 e. The highest BCUT2D eigenvalue weighted by molar-refractivity contribution is 7.88. The number of hydrogen-bond acceptors (Lipinski definition) is 3. The van der Waals surface area contributed by atoms with E-state index in [1.807, 2.05) is 17.5 Å². The zero-order valence-electron chi connectivity index (χ0n) is 11.4. The van der Waals surface area contributed by atoms with E-state index >= 15 is 0 Å². The second kappa shape index (κ2) is 5.85. The summed E-state index contributed by atoms with van der Waals surface area (Å²) in [6.07, 6.45) is 3.36. The quantitative estimate of drug-likeness (QED) is 0.898. The highest BCUT2D eigenvalue weighted by Crippen LogP contribution is 2.41. The summed E-state index contributed by atoms with van der Waals surface area (Å²) in [5, 5.41) is 5.91. The molecule has 0 amide bonds. The van der Waals surface area contributed by atoms with Crippen LogP contribution in [0.25, 0.3) is 0 Å². The van der Waals surface area contributed by atoms with Crippen LogP contribution in [0.1, 0.15) is 40.0 Å². The number of thiophene rings is 1. The van der Waals surface area contributed by atoms with Gasteiger partial charge in [-0.1, -0.05) is 26.8 Å². The van der Waals surface area contributed by atoms with Crippen molar-refractivity contribution in [3.8, 4) is 0 Å². The molecule has 2 nitrogen and oxygen atoms in total. The first kappa shape index (κ1) is 14.2. The molecule has 102 valence electrons. The first-order valence-electron chi connectivity index (χ1n) is 6.73. The van der Waals surface area contributed by atoms with Crippen molar-refractivity contribution in [2.45, 2.75) is 55.5 Å². The Hall–Kier alpha value is -0.190. The summed E-state index contributed by atoms with van der Waals surface area (Å²) in [5.74, 6) is 0. The predicted molar refractivity (Wildman–Crippen MR) is 79.6 cm³/mol. The van der Waals surface area contributed by atoms with Crippen molar-refractivity contribution in [3.05, 3.63) is 17.5 Å². The molecule has 18 heavy (non-hydrogen) atoms. The summed E-state index contributed by atoms with van der Waals surface area (Å²) in [6.45, 7) is 7.80. The molecule has 0 aromatic carbocycles. The average molecular weight is 285 g/mol. The standard InChI is InChI=1S/C14H23NOS2/c1-4-9-15-13-11(7-8-14(13,2)3)18(16)12-6-5-10-17-12/h5-6,10-11,13,15H,4,7-9H2,1-3H3. The molecular weight excluding hydrogens is 262 g/mol. The molecule has 1 N–H and O–H groups in total. The van der Waals surface area contributed by atoms with E-state index in [0.29, 0.717) is 6.04 Å². The fourth-order valence-corrected chi connectivity index (χ4v) is 5.73. The van der Waals surface area contributed by atoms with E-state index in [2.05, 4.69) is 26.1 Å². The largest absolute Gasteiger partial charge is 0.312 e. The summed E-state index contributed by atoms with van der Waals surface area (Å²) in [4.78, 5) is 0. The van der Waals surface area contributed by atoms with Crippen molar-refractivity contribution in [2.24, 2.45) is 5.41 Å². The lowest BCUT2D eigenvalue weighted by Gasteiger charge is -2.31. The Morgan fingerprint density at radius 3 is 2.94 bits per heavy atom. The molecule has 0 saturated heterocycles. The van der Waals surface area contributed by atoms with Crippen LogP contribution in [0, 0.1) is 5.41 Å². The Morgan fingerprint density at radius 2 is 2.33 bits per heavy atom. The van der Waals surface area contributed by atoms with E-state index in [-0.39, 0.29) is 10.7 Å². The second-order valence-corrected chi connectivity index (χ2v) is 8.57. The van der Waals surface area contributed by atoms with Crippen LogP contribution in [0.3, 0.4) is 0 Å². The average Bonchev–Trinajstić information content (AvgIpc) is 2.93. The Bertz CT molecular complexity index is 400. The molecule has 0 radical (unpaired) electrons. The zero-order chi connectivity index (χ0) is 13.2. The van der Waals surface area contributed by atoms with Gasteiger partial charge in [0.2, 0.25) is 0 Å². The van der Waals surface area contributed by atoms with Gasteiger partial charge < -0.3 is 5.32 Å². The van der Waals surface area contributed by atoms with Gasteiger partial charge in [0.05, 0.1) is 20.3 Å². The number of hydrogen-bond donors (Lipinski definition) is 1. The van der Waals surface area contributed by atoms with Gasteiger partial charge in [-0.25, -0.2) is 0 Å². The molecule has 0 spiro atoms. The summed E-state index contributed by atoms with van der Waals surface area (Å²) >= 11 is 1.62. The van der Waals surface area contributed by atoms with Gasteiger partial charge in [0.15, 0.2) is 0 Å². The first-order valence-corrected chi connectivity index (χ1v) is 8.83. The fraction of sp³-hybridized carbons (Fsp3) is 0.714. The molecule has 3 unspecified atom stereocenters. The van der Waals surface area contributed by atoms with Crippen molar-refractivity contribution in [3.63, 3.8) is 0 Å². The van der Waals surface area contributed by atoms with Crippen LogP contribution >= 0.6 is 11.3 Å². The topological polar surface area (TPSA) is 29.1 Å². The summed E-state index contributed by atoms with van der Waals surface area (Å²) in [5.41, 5.74) is 0.257. The highest BCUT2D eigenvalue weighted by Gasteiger charge is 2.44. The second-order valence-electron chi connectivity index (χ2n) is 5.73. The maximum atomic E-state index is 12.7. The molecule has 3 atom stereocenters. The third-order valence-electron chi connectivity index (χ3n) is 3.87. The van der Waals surface area contributed by atoms with Crippen molar-refractivity contribution in [1.29, 1.82) is 0 Å². The third kappa shape index (κ3) is 2.86. The monoisotopic (exact) mass is 285 g/mol. The Balaban J connectivity index is 2.14. The van der Waals surface area contributed by atoms with Gasteiger partial charge in [0.1, 0.15) is 0 Å². The lowest BCUT2D eigenvalue weighted by atomic mass is 9.87. The summed E-state index contributed by atoms with van der Waals surface area (Å²) in [7, 11) is -0.852. The molecule has 1 aromatic rings. The van der Waals surface area contributed by atoms with Gasteiger partial charge in [-0.15, -0.1) is 11.3 Å². The minimum absolute atomic E-state index is 0.257. The van der Waals surface area contributed by atoms with Gasteiger partial charge >= 0.3 is 0 Å². The zero-order valence-corrected chi connectivity index (χ0v) is 13.1. The minimum atomic E-state index is -0.852. The lowest BCUT2D eigenvalue weighted by Crippen LogP contribution is -2.46. The molecule has 1 aromatic heterocycles. The number of rotatable bonds is 5. The van der Waals surface area contributed by atoms with Gasteiger partial charge in [-0.2, -0.15) is 0 Å². The van der Waals surface area contributed by atoms with Gasteiger partial charge in [-0.05, 0) is 42.7 Å². The predicted octanol–water partition coefficient (Wildman–Crippen LogP) is 3.41. The molecule has 1 aliphatic rings. The Labute approximate surface area is 117 Å². The molecule has 0 aliphatic heterocycles. The lowest BCUT2D eigenvalue weighted by molar-refractivity contribution is 0.286. The molecule has 0 bridgehead atoms. The van der Waals surface area contributed by atoms with Crippen molar-refractivity contribution >= 4 is 22.1 Å². The Kier molecular flexibility index (Phi) is 4.62. The van der Waals surface area contributed by atoms with Gasteiger partial charge in [-0.3, -0.25) is 4.21 Å². The van der Waals surface area contributed by atoms with Crippen LogP contribution in [0.15, 0.2) is 21.7 Å². The molecule has 4 heteroatoms. The van der Waals surface area contributed by atoms with Crippen molar-refractivity contribution in [1.82, 2.24) is 5.32 Å². The normalized spacial score (nSPS) is 28.4. The Morgan fingerprint density at radius 1 is 1.56 bits per heavy atom. The van der Waals surface area contributed by atoms with E-state index in [1.54, 1.807) is 11.3 Å². The van der Waals surface area contributed by atoms with Crippen molar-refractivity contribution < 1.29 is 4.21 Å². The summed E-state index contributed by atoms with van der Waals surface area (Å²) in [6, 6.07) is 4.37. The van der Waals surface area contributed by atoms with Crippen LogP contribution in [0.5, 0.6) is 0 Å². The fourth-order valence-electron chi connectivity index (χ4n) is 2.81. The maximum absolute atomic E-state index is 12.7. The van der Waals surface area contributed by atoms with Crippen LogP contribution in [0.2, 0.25) is 0 Å². The van der Waals surface area contributed by atoms with Crippen LogP contribution in [0.4, 0.5) is 0 Å². The SMILES string of the molecule is CCCNC1C(S(=O)c2cccs2)CCC1(C)C. The van der Waals surface area contributed by atoms with Crippen molar-refractivity contribution in [2.75, 3.05) is 6.54 Å².